The summed E-state index contributed by atoms with van der Waals surface area (Å²) in [4.78, 5) is 0. The molecule has 0 aliphatic carbocycles. The highest BCUT2D eigenvalue weighted by Crippen LogP contribution is 2.34. The molecule has 1 aromatic heterocycles. The molecule has 3 heteroatoms. The van der Waals surface area contributed by atoms with Gasteiger partial charge in [0.25, 0.3) is 0 Å². The maximum Gasteiger partial charge on any atom is 0.127 e. The first-order valence-corrected chi connectivity index (χ1v) is 7.58. The van der Waals surface area contributed by atoms with Crippen molar-refractivity contribution in [3.8, 4) is 5.75 Å². The molecule has 0 saturated carbocycles. The first-order valence-electron chi connectivity index (χ1n) is 7.20. The molecule has 0 N–H and O–H groups in total. The summed E-state index contributed by atoms with van der Waals surface area (Å²) >= 11 is 6.25. The number of aromatic nitrogens is 1. The predicted molar refractivity (Wildman–Crippen MR) is 86.4 cm³/mol. The molecule has 0 atom stereocenters. The first kappa shape index (κ1) is 12.8. The monoisotopic (exact) mass is 297 g/mol. The van der Waals surface area contributed by atoms with E-state index in [9.17, 15) is 0 Å². The molecule has 2 aromatic carbocycles. The van der Waals surface area contributed by atoms with Crippen LogP contribution in [0.4, 0.5) is 0 Å². The van der Waals surface area contributed by atoms with Crippen LogP contribution in [0.25, 0.3) is 10.9 Å². The van der Waals surface area contributed by atoms with Crippen LogP contribution >= 0.6 is 11.6 Å². The summed E-state index contributed by atoms with van der Waals surface area (Å²) in [6.07, 6.45) is 3.08. The minimum Gasteiger partial charge on any atom is -0.493 e. The predicted octanol–water partition coefficient (Wildman–Crippen LogP) is 4.59. The largest absolute Gasteiger partial charge is 0.493 e. The van der Waals surface area contributed by atoms with E-state index >= 15 is 0 Å². The zero-order valence-corrected chi connectivity index (χ0v) is 12.7. The van der Waals surface area contributed by atoms with E-state index in [-0.39, 0.29) is 0 Å². The molecule has 0 amide bonds. The minimum atomic E-state index is 0.758. The summed E-state index contributed by atoms with van der Waals surface area (Å²) < 4.78 is 8.06. The Labute approximate surface area is 128 Å². The zero-order chi connectivity index (χ0) is 14.4. The average Bonchev–Trinajstić information content (AvgIpc) is 3.06. The van der Waals surface area contributed by atoms with Gasteiger partial charge in [0.05, 0.1) is 13.2 Å². The summed E-state index contributed by atoms with van der Waals surface area (Å²) in [6, 6.07) is 12.7. The van der Waals surface area contributed by atoms with Gasteiger partial charge < -0.3 is 9.30 Å². The molecular formula is C18H16ClNO. The van der Waals surface area contributed by atoms with Crippen molar-refractivity contribution in [2.24, 2.45) is 0 Å². The number of halogens is 1. The van der Waals surface area contributed by atoms with Gasteiger partial charge in [-0.1, -0.05) is 23.7 Å². The summed E-state index contributed by atoms with van der Waals surface area (Å²) in [6.45, 7) is 3.67. The normalized spacial score (nSPS) is 13.4. The topological polar surface area (TPSA) is 14.2 Å². The molecular weight excluding hydrogens is 282 g/mol. The molecule has 106 valence electrons. The van der Waals surface area contributed by atoms with Gasteiger partial charge in [-0.05, 0) is 47.7 Å². The van der Waals surface area contributed by atoms with Crippen LogP contribution in [0.5, 0.6) is 5.75 Å². The van der Waals surface area contributed by atoms with Gasteiger partial charge in [-0.15, -0.1) is 0 Å². The molecule has 1 aliphatic rings. The number of aryl methyl sites for hydroxylation is 1. The Balaban J connectivity index is 1.80. The van der Waals surface area contributed by atoms with Crippen molar-refractivity contribution in [2.75, 3.05) is 6.61 Å². The van der Waals surface area contributed by atoms with E-state index in [0.717, 1.165) is 35.9 Å². The van der Waals surface area contributed by atoms with Gasteiger partial charge in [0.15, 0.2) is 0 Å². The van der Waals surface area contributed by atoms with E-state index in [1.807, 2.05) is 12.1 Å². The van der Waals surface area contributed by atoms with Gasteiger partial charge in [-0.2, -0.15) is 0 Å². The van der Waals surface area contributed by atoms with E-state index in [0.29, 0.717) is 0 Å². The number of hydrogen-bond donors (Lipinski definition) is 0. The van der Waals surface area contributed by atoms with Crippen molar-refractivity contribution in [3.63, 3.8) is 0 Å². The summed E-state index contributed by atoms with van der Waals surface area (Å²) in [5, 5.41) is 2.06. The number of hydrogen-bond acceptors (Lipinski definition) is 1. The molecule has 2 nitrogen and oxygen atoms in total. The molecule has 0 saturated heterocycles. The fourth-order valence-electron chi connectivity index (χ4n) is 3.08. The number of rotatable bonds is 2. The molecule has 21 heavy (non-hydrogen) atoms. The molecule has 0 bridgehead atoms. The standard InChI is InChI=1S/C18H16ClNO/c1-12-2-3-13-4-6-20(17(13)8-12)11-15-10-16(19)9-14-5-7-21-18(14)15/h2-4,6,8-10H,5,7,11H2,1H3. The summed E-state index contributed by atoms with van der Waals surface area (Å²) in [7, 11) is 0. The highest BCUT2D eigenvalue weighted by atomic mass is 35.5. The van der Waals surface area contributed by atoms with E-state index in [2.05, 4.69) is 42.0 Å². The quantitative estimate of drug-likeness (QED) is 0.675. The third-order valence-electron chi connectivity index (χ3n) is 4.10. The van der Waals surface area contributed by atoms with Crippen molar-refractivity contribution < 1.29 is 4.74 Å². The van der Waals surface area contributed by atoms with Crippen LogP contribution in [0.1, 0.15) is 16.7 Å². The molecule has 0 fully saturated rings. The van der Waals surface area contributed by atoms with Crippen LogP contribution in [0.15, 0.2) is 42.6 Å². The maximum atomic E-state index is 6.25. The van der Waals surface area contributed by atoms with Crippen LogP contribution < -0.4 is 4.74 Å². The second kappa shape index (κ2) is 4.81. The average molecular weight is 298 g/mol. The van der Waals surface area contributed by atoms with Gasteiger partial charge in [0.1, 0.15) is 5.75 Å². The molecule has 3 aromatic rings. The first-order chi connectivity index (χ1) is 10.2. The van der Waals surface area contributed by atoms with Crippen molar-refractivity contribution >= 4 is 22.5 Å². The number of ether oxygens (including phenoxy) is 1. The third kappa shape index (κ3) is 2.20. The van der Waals surface area contributed by atoms with Crippen molar-refractivity contribution in [2.45, 2.75) is 19.9 Å². The van der Waals surface area contributed by atoms with Crippen LogP contribution in [0.3, 0.4) is 0 Å². The number of nitrogens with zero attached hydrogens (tertiary/aromatic N) is 1. The van der Waals surface area contributed by atoms with Crippen molar-refractivity contribution in [1.82, 2.24) is 4.57 Å². The highest BCUT2D eigenvalue weighted by Gasteiger charge is 2.18. The van der Waals surface area contributed by atoms with Crippen molar-refractivity contribution in [1.29, 1.82) is 0 Å². The Bertz CT molecular complexity index is 835. The summed E-state index contributed by atoms with van der Waals surface area (Å²) in [5.74, 6) is 1.02. The lowest BCUT2D eigenvalue weighted by Crippen LogP contribution is -2.00. The fourth-order valence-corrected chi connectivity index (χ4v) is 3.34. The molecule has 1 aliphatic heterocycles. The number of fused-ring (bicyclic) bond motifs is 2. The van der Waals surface area contributed by atoms with Gasteiger partial charge in [-0.25, -0.2) is 0 Å². The second-order valence-electron chi connectivity index (χ2n) is 5.66. The third-order valence-corrected chi connectivity index (χ3v) is 4.31. The highest BCUT2D eigenvalue weighted by molar-refractivity contribution is 6.30. The van der Waals surface area contributed by atoms with Crippen LogP contribution in [-0.2, 0) is 13.0 Å². The van der Waals surface area contributed by atoms with Crippen LogP contribution in [0, 0.1) is 6.92 Å². The van der Waals surface area contributed by atoms with Crippen LogP contribution in [-0.4, -0.2) is 11.2 Å². The molecule has 0 spiro atoms. The van der Waals surface area contributed by atoms with Crippen LogP contribution in [0.2, 0.25) is 5.02 Å². The van der Waals surface area contributed by atoms with Gasteiger partial charge >= 0.3 is 0 Å². The Morgan fingerprint density at radius 3 is 3.00 bits per heavy atom. The van der Waals surface area contributed by atoms with E-state index in [4.69, 9.17) is 16.3 Å². The molecule has 0 unspecified atom stereocenters. The molecule has 2 heterocycles. The molecule has 0 radical (unpaired) electrons. The van der Waals surface area contributed by atoms with Crippen molar-refractivity contribution in [3.05, 3.63) is 64.3 Å². The maximum absolute atomic E-state index is 6.25. The SMILES string of the molecule is Cc1ccc2ccn(Cc3cc(Cl)cc4c3OCC4)c2c1. The summed E-state index contributed by atoms with van der Waals surface area (Å²) in [5.41, 5.74) is 4.91. The lowest BCUT2D eigenvalue weighted by Gasteiger charge is -2.11. The zero-order valence-electron chi connectivity index (χ0n) is 11.9. The Morgan fingerprint density at radius 1 is 1.19 bits per heavy atom. The fraction of sp³-hybridized carbons (Fsp3) is 0.222. The van der Waals surface area contributed by atoms with E-state index < -0.39 is 0 Å². The van der Waals surface area contributed by atoms with E-state index in [1.54, 1.807) is 0 Å². The Morgan fingerprint density at radius 2 is 2.10 bits per heavy atom. The lowest BCUT2D eigenvalue weighted by atomic mass is 10.1. The van der Waals surface area contributed by atoms with Gasteiger partial charge in [0, 0.05) is 28.7 Å². The minimum absolute atomic E-state index is 0.758. The second-order valence-corrected chi connectivity index (χ2v) is 6.09. The van der Waals surface area contributed by atoms with Gasteiger partial charge in [-0.3, -0.25) is 0 Å². The van der Waals surface area contributed by atoms with Gasteiger partial charge in [0.2, 0.25) is 0 Å². The van der Waals surface area contributed by atoms with E-state index in [1.165, 1.54) is 22.0 Å². The number of benzene rings is 2. The lowest BCUT2D eigenvalue weighted by molar-refractivity contribution is 0.353. The smallest absolute Gasteiger partial charge is 0.127 e. The molecule has 4 rings (SSSR count). The Hall–Kier alpha value is -1.93. The Kier molecular flexibility index (Phi) is 2.93.